The second-order valence-corrected chi connectivity index (χ2v) is 3.47. The Morgan fingerprint density at radius 3 is 3.00 bits per heavy atom. The van der Waals surface area contributed by atoms with Gasteiger partial charge < -0.3 is 16.3 Å². The summed E-state index contributed by atoms with van der Waals surface area (Å²) in [6, 6.07) is 5.66. The highest BCUT2D eigenvalue weighted by Gasteiger charge is 2.13. The summed E-state index contributed by atoms with van der Waals surface area (Å²) in [5, 5.41) is 21.7. The maximum absolute atomic E-state index is 8.56. The Hall–Kier alpha value is -2.48. The van der Waals surface area contributed by atoms with Crippen LogP contribution in [0.2, 0.25) is 0 Å². The highest BCUT2D eigenvalue weighted by Crippen LogP contribution is 2.02. The van der Waals surface area contributed by atoms with Crippen LogP contribution in [0.3, 0.4) is 0 Å². The van der Waals surface area contributed by atoms with Crippen LogP contribution in [0.4, 0.5) is 0 Å². The molecule has 18 heavy (non-hydrogen) atoms. The van der Waals surface area contributed by atoms with Gasteiger partial charge in [0.1, 0.15) is 5.69 Å². The lowest BCUT2D eigenvalue weighted by molar-refractivity contribution is 0.300. The summed E-state index contributed by atoms with van der Waals surface area (Å²) < 4.78 is 4.54. The molecule has 0 atom stereocenters. The molecule has 0 aromatic carbocycles. The standard InChI is InChI=1S/C10H12N6O2/c11-10(14-17)9-8(15-18-16-9)6-12-5-7-3-1-2-4-13-7/h1-4,12,17H,5-6H2,(H2,11,14). The predicted octanol–water partition coefficient (Wildman–Crippen LogP) is -0.151. The zero-order valence-electron chi connectivity index (χ0n) is 9.45. The third-order valence-electron chi connectivity index (χ3n) is 2.23. The van der Waals surface area contributed by atoms with E-state index in [2.05, 4.69) is 30.4 Å². The van der Waals surface area contributed by atoms with Gasteiger partial charge in [0.25, 0.3) is 0 Å². The van der Waals surface area contributed by atoms with Crippen LogP contribution >= 0.6 is 0 Å². The van der Waals surface area contributed by atoms with Crippen molar-refractivity contribution in [2.45, 2.75) is 13.1 Å². The molecule has 0 saturated carbocycles. The molecule has 2 aromatic rings. The molecule has 0 aliphatic heterocycles. The van der Waals surface area contributed by atoms with Crippen LogP contribution in [0.5, 0.6) is 0 Å². The van der Waals surface area contributed by atoms with Gasteiger partial charge in [0, 0.05) is 19.3 Å². The number of hydrogen-bond acceptors (Lipinski definition) is 7. The number of oxime groups is 1. The smallest absolute Gasteiger partial charge is 0.194 e. The number of amidine groups is 1. The maximum Gasteiger partial charge on any atom is 0.194 e. The van der Waals surface area contributed by atoms with E-state index in [1.807, 2.05) is 18.2 Å². The summed E-state index contributed by atoms with van der Waals surface area (Å²) >= 11 is 0. The number of pyridine rings is 1. The average molecular weight is 248 g/mol. The highest BCUT2D eigenvalue weighted by molar-refractivity contribution is 5.95. The van der Waals surface area contributed by atoms with Crippen LogP contribution in [-0.4, -0.2) is 26.3 Å². The summed E-state index contributed by atoms with van der Waals surface area (Å²) in [7, 11) is 0. The first-order valence-corrected chi connectivity index (χ1v) is 5.21. The number of aromatic nitrogens is 3. The summed E-state index contributed by atoms with van der Waals surface area (Å²) in [5.74, 6) is -0.133. The van der Waals surface area contributed by atoms with E-state index in [0.29, 0.717) is 18.8 Å². The molecule has 0 unspecified atom stereocenters. The Labute approximate surface area is 102 Å². The SMILES string of the molecule is N/C(=N\O)c1nonc1CNCc1ccccn1. The van der Waals surface area contributed by atoms with Crippen LogP contribution < -0.4 is 11.1 Å². The van der Waals surface area contributed by atoms with E-state index in [0.717, 1.165) is 5.69 Å². The molecule has 0 radical (unpaired) electrons. The van der Waals surface area contributed by atoms with Crippen LogP contribution in [0.1, 0.15) is 17.1 Å². The first-order valence-electron chi connectivity index (χ1n) is 5.21. The van der Waals surface area contributed by atoms with E-state index in [1.54, 1.807) is 6.20 Å². The molecule has 0 bridgehead atoms. The van der Waals surface area contributed by atoms with Crippen LogP contribution in [-0.2, 0) is 13.1 Å². The largest absolute Gasteiger partial charge is 0.409 e. The van der Waals surface area contributed by atoms with Gasteiger partial charge in [-0.25, -0.2) is 4.63 Å². The number of nitrogens with zero attached hydrogens (tertiary/aromatic N) is 4. The molecule has 2 heterocycles. The fraction of sp³-hybridized carbons (Fsp3) is 0.200. The fourth-order valence-corrected chi connectivity index (χ4v) is 1.38. The van der Waals surface area contributed by atoms with Crippen molar-refractivity contribution < 1.29 is 9.84 Å². The molecule has 94 valence electrons. The Bertz CT molecular complexity index is 524. The zero-order chi connectivity index (χ0) is 12.8. The molecule has 2 rings (SSSR count). The number of hydrogen-bond donors (Lipinski definition) is 3. The molecule has 4 N–H and O–H groups in total. The molecule has 0 aliphatic rings. The summed E-state index contributed by atoms with van der Waals surface area (Å²) in [5.41, 5.74) is 7.02. The highest BCUT2D eigenvalue weighted by atomic mass is 16.6. The predicted molar refractivity (Wildman–Crippen MR) is 61.6 cm³/mol. The van der Waals surface area contributed by atoms with Crippen molar-refractivity contribution in [2.24, 2.45) is 10.9 Å². The first-order chi connectivity index (χ1) is 8.81. The first kappa shape index (κ1) is 12.0. The Balaban J connectivity index is 1.93. The minimum absolute atomic E-state index is 0.133. The van der Waals surface area contributed by atoms with Crippen molar-refractivity contribution in [2.75, 3.05) is 0 Å². The molecular weight excluding hydrogens is 236 g/mol. The summed E-state index contributed by atoms with van der Waals surface area (Å²) in [6.07, 6.45) is 1.72. The Morgan fingerprint density at radius 2 is 2.28 bits per heavy atom. The van der Waals surface area contributed by atoms with Gasteiger partial charge in [-0.15, -0.1) is 0 Å². The minimum Gasteiger partial charge on any atom is -0.409 e. The average Bonchev–Trinajstić information content (AvgIpc) is 2.87. The molecule has 0 spiro atoms. The van der Waals surface area contributed by atoms with Gasteiger partial charge in [-0.3, -0.25) is 4.98 Å². The molecule has 0 fully saturated rings. The molecule has 0 saturated heterocycles. The van der Waals surface area contributed by atoms with E-state index in [-0.39, 0.29) is 11.5 Å². The maximum atomic E-state index is 8.56. The van der Waals surface area contributed by atoms with Crippen molar-refractivity contribution in [3.8, 4) is 0 Å². The molecule has 8 nitrogen and oxygen atoms in total. The quantitative estimate of drug-likeness (QED) is 0.291. The van der Waals surface area contributed by atoms with E-state index in [9.17, 15) is 0 Å². The van der Waals surface area contributed by atoms with E-state index < -0.39 is 0 Å². The molecule has 8 heteroatoms. The minimum atomic E-state index is -0.133. The number of rotatable bonds is 5. The third-order valence-corrected chi connectivity index (χ3v) is 2.23. The second kappa shape index (κ2) is 5.73. The van der Waals surface area contributed by atoms with E-state index >= 15 is 0 Å². The van der Waals surface area contributed by atoms with Crippen LogP contribution in [0.25, 0.3) is 0 Å². The van der Waals surface area contributed by atoms with Gasteiger partial charge in [0.15, 0.2) is 11.5 Å². The zero-order valence-corrected chi connectivity index (χ0v) is 9.45. The lowest BCUT2D eigenvalue weighted by atomic mass is 10.3. The van der Waals surface area contributed by atoms with Gasteiger partial charge in [-0.2, -0.15) is 0 Å². The van der Waals surface area contributed by atoms with Gasteiger partial charge in [0.2, 0.25) is 0 Å². The Morgan fingerprint density at radius 1 is 1.39 bits per heavy atom. The van der Waals surface area contributed by atoms with E-state index in [1.165, 1.54) is 0 Å². The topological polar surface area (TPSA) is 122 Å². The fourth-order valence-electron chi connectivity index (χ4n) is 1.38. The van der Waals surface area contributed by atoms with Crippen LogP contribution in [0.15, 0.2) is 34.2 Å². The van der Waals surface area contributed by atoms with Crippen molar-refractivity contribution in [3.05, 3.63) is 41.5 Å². The van der Waals surface area contributed by atoms with Crippen molar-refractivity contribution in [3.63, 3.8) is 0 Å². The van der Waals surface area contributed by atoms with Crippen molar-refractivity contribution >= 4 is 5.84 Å². The van der Waals surface area contributed by atoms with Gasteiger partial charge in [-0.05, 0) is 17.3 Å². The summed E-state index contributed by atoms with van der Waals surface area (Å²) in [6.45, 7) is 0.953. The monoisotopic (exact) mass is 248 g/mol. The number of nitrogens with two attached hydrogens (primary N) is 1. The number of nitrogens with one attached hydrogen (secondary N) is 1. The molecular formula is C10H12N6O2. The van der Waals surface area contributed by atoms with Gasteiger partial charge in [0.05, 0.1) is 5.69 Å². The molecule has 0 amide bonds. The third kappa shape index (κ3) is 2.80. The summed E-state index contributed by atoms with van der Waals surface area (Å²) in [4.78, 5) is 4.16. The van der Waals surface area contributed by atoms with Gasteiger partial charge in [-0.1, -0.05) is 16.4 Å². The molecule has 2 aromatic heterocycles. The Kier molecular flexibility index (Phi) is 3.82. The molecule has 0 aliphatic carbocycles. The lowest BCUT2D eigenvalue weighted by Gasteiger charge is -2.02. The normalized spacial score (nSPS) is 11.7. The van der Waals surface area contributed by atoms with Crippen LogP contribution in [0, 0.1) is 0 Å². The van der Waals surface area contributed by atoms with Crippen molar-refractivity contribution in [1.82, 2.24) is 20.6 Å². The second-order valence-electron chi connectivity index (χ2n) is 3.47. The van der Waals surface area contributed by atoms with Crippen molar-refractivity contribution in [1.29, 1.82) is 0 Å². The lowest BCUT2D eigenvalue weighted by Crippen LogP contribution is -2.20. The van der Waals surface area contributed by atoms with Gasteiger partial charge >= 0.3 is 0 Å². The van der Waals surface area contributed by atoms with E-state index in [4.69, 9.17) is 10.9 Å².